The summed E-state index contributed by atoms with van der Waals surface area (Å²) in [4.78, 5) is 33.1. The van der Waals surface area contributed by atoms with Crippen molar-refractivity contribution < 1.29 is 9.72 Å². The van der Waals surface area contributed by atoms with E-state index in [1.165, 1.54) is 18.3 Å². The molecule has 11 heteroatoms. The average molecular weight is 488 g/mol. The van der Waals surface area contributed by atoms with Gasteiger partial charge in [0.25, 0.3) is 11.6 Å². The number of nitro groups is 1. The molecular weight excluding hydrogens is 470 g/mol. The molecule has 2 aromatic heterocycles. The molecule has 0 saturated heterocycles. The van der Waals surface area contributed by atoms with Gasteiger partial charge in [0.05, 0.1) is 22.4 Å². The number of nitrogens with one attached hydrogen (secondary N) is 2. The zero-order valence-corrected chi connectivity index (χ0v) is 19.1. The van der Waals surface area contributed by atoms with Crippen molar-refractivity contribution in [2.75, 3.05) is 10.6 Å². The Balaban J connectivity index is 1.63. The summed E-state index contributed by atoms with van der Waals surface area (Å²) in [5.74, 6) is 0.428. The Hall–Kier alpha value is -4.57. The summed E-state index contributed by atoms with van der Waals surface area (Å²) in [6.07, 6.45) is 3.14. The second-order valence-electron chi connectivity index (χ2n) is 7.82. The average Bonchev–Trinajstić information content (AvgIpc) is 3.27. The number of pyridine rings is 1. The summed E-state index contributed by atoms with van der Waals surface area (Å²) >= 11 is 6.01. The molecule has 2 aromatic carbocycles. The number of nitro benzene ring substituents is 1. The van der Waals surface area contributed by atoms with E-state index in [2.05, 4.69) is 25.7 Å². The smallest absolute Gasteiger partial charge is 0.269 e. The van der Waals surface area contributed by atoms with Gasteiger partial charge in [-0.1, -0.05) is 23.7 Å². The Morgan fingerprint density at radius 2 is 1.97 bits per heavy atom. The standard InChI is InChI=1S/C24H18ClN7O3/c1-14-20(23(33)28-18-5-3-11-26-13-18)21(16-4-2-6-19(12-16)32(34)35)31-24(27-14)29-22(30-31)15-7-9-17(25)10-8-15/h2-13,21H,1H3,(H,28,33)(H,27,29,30). The van der Waals surface area contributed by atoms with Gasteiger partial charge in [-0.05, 0) is 48.9 Å². The quantitative estimate of drug-likeness (QED) is 0.305. The van der Waals surface area contributed by atoms with E-state index < -0.39 is 16.9 Å². The van der Waals surface area contributed by atoms with Gasteiger partial charge in [-0.25, -0.2) is 4.68 Å². The second kappa shape index (κ2) is 8.99. The lowest BCUT2D eigenvalue weighted by atomic mass is 9.94. The van der Waals surface area contributed by atoms with Crippen LogP contribution in [0.4, 0.5) is 17.3 Å². The predicted molar refractivity (Wildman–Crippen MR) is 131 cm³/mol. The molecular formula is C24H18ClN7O3. The maximum Gasteiger partial charge on any atom is 0.269 e. The first-order valence-electron chi connectivity index (χ1n) is 10.6. The molecule has 0 radical (unpaired) electrons. The molecule has 0 saturated carbocycles. The van der Waals surface area contributed by atoms with Gasteiger partial charge in [-0.3, -0.25) is 19.9 Å². The van der Waals surface area contributed by atoms with Crippen molar-refractivity contribution in [2.24, 2.45) is 0 Å². The van der Waals surface area contributed by atoms with Crippen molar-refractivity contribution in [3.8, 4) is 11.4 Å². The number of fused-ring (bicyclic) bond motifs is 1. The normalized spacial score (nSPS) is 14.7. The number of anilines is 2. The molecule has 174 valence electrons. The Morgan fingerprint density at radius 3 is 2.69 bits per heavy atom. The van der Waals surface area contributed by atoms with Gasteiger partial charge in [0.2, 0.25) is 5.95 Å². The summed E-state index contributed by atoms with van der Waals surface area (Å²) in [5, 5.41) is 22.7. The summed E-state index contributed by atoms with van der Waals surface area (Å²) < 4.78 is 1.56. The monoisotopic (exact) mass is 487 g/mol. The number of nitrogens with zero attached hydrogens (tertiary/aromatic N) is 5. The first-order valence-corrected chi connectivity index (χ1v) is 10.9. The van der Waals surface area contributed by atoms with Gasteiger partial charge in [0.15, 0.2) is 5.82 Å². The lowest BCUT2D eigenvalue weighted by Gasteiger charge is -2.28. The van der Waals surface area contributed by atoms with Crippen LogP contribution in [0.15, 0.2) is 84.3 Å². The molecule has 1 aliphatic heterocycles. The lowest BCUT2D eigenvalue weighted by Crippen LogP contribution is -2.31. The van der Waals surface area contributed by atoms with Crippen molar-refractivity contribution in [3.63, 3.8) is 0 Å². The minimum Gasteiger partial charge on any atom is -0.328 e. The number of hydrogen-bond acceptors (Lipinski definition) is 7. The van der Waals surface area contributed by atoms with E-state index in [0.717, 1.165) is 5.56 Å². The van der Waals surface area contributed by atoms with Crippen molar-refractivity contribution in [2.45, 2.75) is 13.0 Å². The number of aromatic nitrogens is 4. The zero-order chi connectivity index (χ0) is 24.5. The molecule has 1 amide bonds. The third-order valence-electron chi connectivity index (χ3n) is 5.52. The van der Waals surface area contributed by atoms with E-state index in [9.17, 15) is 14.9 Å². The van der Waals surface area contributed by atoms with Crippen molar-refractivity contribution in [1.82, 2.24) is 19.7 Å². The SMILES string of the molecule is CC1=C(C(=O)Nc2cccnc2)C(c2cccc([N+](=O)[O-])c2)n2nc(-c3ccc(Cl)cc3)nc2N1. The lowest BCUT2D eigenvalue weighted by molar-refractivity contribution is -0.384. The van der Waals surface area contributed by atoms with E-state index in [4.69, 9.17) is 11.6 Å². The van der Waals surface area contributed by atoms with Crippen LogP contribution in [0.25, 0.3) is 11.4 Å². The number of rotatable bonds is 5. The van der Waals surface area contributed by atoms with Gasteiger partial charge in [0.1, 0.15) is 6.04 Å². The Kier molecular flexibility index (Phi) is 5.71. The molecule has 0 bridgehead atoms. The van der Waals surface area contributed by atoms with Crippen molar-refractivity contribution in [1.29, 1.82) is 0 Å². The molecule has 5 rings (SSSR count). The molecule has 0 fully saturated rings. The number of amides is 1. The van der Waals surface area contributed by atoms with Crippen LogP contribution in [0.3, 0.4) is 0 Å². The van der Waals surface area contributed by atoms with E-state index >= 15 is 0 Å². The fourth-order valence-corrected chi connectivity index (χ4v) is 4.04. The summed E-state index contributed by atoms with van der Waals surface area (Å²) in [6.45, 7) is 1.75. The minimum absolute atomic E-state index is 0.0923. The third-order valence-corrected chi connectivity index (χ3v) is 5.77. The van der Waals surface area contributed by atoms with Crippen LogP contribution in [-0.4, -0.2) is 30.6 Å². The number of benzene rings is 2. The highest BCUT2D eigenvalue weighted by Crippen LogP contribution is 2.37. The molecule has 35 heavy (non-hydrogen) atoms. The van der Waals surface area contributed by atoms with Crippen LogP contribution in [0, 0.1) is 10.1 Å². The molecule has 1 aliphatic rings. The largest absolute Gasteiger partial charge is 0.328 e. The van der Waals surface area contributed by atoms with E-state index in [1.807, 2.05) is 0 Å². The number of hydrogen-bond donors (Lipinski definition) is 2. The van der Waals surface area contributed by atoms with Crippen LogP contribution in [-0.2, 0) is 4.79 Å². The zero-order valence-electron chi connectivity index (χ0n) is 18.3. The maximum absolute atomic E-state index is 13.5. The van der Waals surface area contributed by atoms with Gasteiger partial charge < -0.3 is 10.6 Å². The van der Waals surface area contributed by atoms with Crippen LogP contribution in [0.1, 0.15) is 18.5 Å². The summed E-state index contributed by atoms with van der Waals surface area (Å²) in [7, 11) is 0. The number of carbonyl (C=O) groups is 1. The highest BCUT2D eigenvalue weighted by atomic mass is 35.5. The number of halogens is 1. The van der Waals surface area contributed by atoms with Gasteiger partial charge >= 0.3 is 0 Å². The molecule has 2 N–H and O–H groups in total. The molecule has 4 aromatic rings. The van der Waals surface area contributed by atoms with Crippen LogP contribution >= 0.6 is 11.6 Å². The van der Waals surface area contributed by atoms with Crippen molar-refractivity contribution >= 4 is 34.8 Å². The van der Waals surface area contributed by atoms with Crippen molar-refractivity contribution in [3.05, 3.63) is 105 Å². The number of allylic oxidation sites excluding steroid dienone is 1. The predicted octanol–water partition coefficient (Wildman–Crippen LogP) is 4.83. The first-order chi connectivity index (χ1) is 16.9. The molecule has 0 spiro atoms. The summed E-state index contributed by atoms with van der Waals surface area (Å²) in [6, 6.07) is 15.9. The molecule has 1 atom stereocenters. The Bertz CT molecular complexity index is 1470. The number of carbonyl (C=O) groups excluding carboxylic acids is 1. The highest BCUT2D eigenvalue weighted by Gasteiger charge is 2.35. The minimum atomic E-state index is -0.767. The van der Waals surface area contributed by atoms with Crippen LogP contribution in [0.5, 0.6) is 0 Å². The van der Waals surface area contributed by atoms with E-state index in [-0.39, 0.29) is 5.69 Å². The number of non-ortho nitro benzene ring substituents is 1. The fourth-order valence-electron chi connectivity index (χ4n) is 3.92. The second-order valence-corrected chi connectivity index (χ2v) is 8.26. The van der Waals surface area contributed by atoms with E-state index in [1.54, 1.807) is 66.3 Å². The van der Waals surface area contributed by atoms with E-state index in [0.29, 0.717) is 39.3 Å². The first kappa shape index (κ1) is 22.2. The molecule has 10 nitrogen and oxygen atoms in total. The maximum atomic E-state index is 13.5. The van der Waals surface area contributed by atoms with Gasteiger partial charge in [-0.2, -0.15) is 4.98 Å². The van der Waals surface area contributed by atoms with Gasteiger partial charge in [0, 0.05) is 34.6 Å². The Labute approximate surface area is 204 Å². The molecule has 0 aliphatic carbocycles. The molecule has 1 unspecified atom stereocenters. The highest BCUT2D eigenvalue weighted by molar-refractivity contribution is 6.30. The molecule has 3 heterocycles. The van der Waals surface area contributed by atoms with Gasteiger partial charge in [-0.15, -0.1) is 5.10 Å². The summed E-state index contributed by atoms with van der Waals surface area (Å²) in [5.41, 5.74) is 2.56. The Morgan fingerprint density at radius 1 is 1.17 bits per heavy atom. The topological polar surface area (TPSA) is 128 Å². The van der Waals surface area contributed by atoms with Crippen LogP contribution < -0.4 is 10.6 Å². The fraction of sp³-hybridized carbons (Fsp3) is 0.0833. The third kappa shape index (κ3) is 4.34. The van der Waals surface area contributed by atoms with Crippen LogP contribution in [0.2, 0.25) is 5.02 Å².